The topological polar surface area (TPSA) is 118 Å². The van der Waals surface area contributed by atoms with E-state index >= 15 is 0 Å². The largest absolute Gasteiger partial charge is 0.480 e. The number of rotatable bonds is 5. The van der Waals surface area contributed by atoms with Crippen LogP contribution in [-0.2, 0) is 19.1 Å². The minimum absolute atomic E-state index is 0.0174. The lowest BCUT2D eigenvalue weighted by Gasteiger charge is -2.23. The highest BCUT2D eigenvalue weighted by molar-refractivity contribution is 5.99. The summed E-state index contributed by atoms with van der Waals surface area (Å²) in [6, 6.07) is 8.48. The molecule has 2 amide bonds. The Labute approximate surface area is 191 Å². The van der Waals surface area contributed by atoms with Crippen molar-refractivity contribution >= 4 is 17.8 Å². The Morgan fingerprint density at radius 2 is 1.91 bits per heavy atom. The van der Waals surface area contributed by atoms with Gasteiger partial charge in [-0.1, -0.05) is 23.8 Å². The number of hydrogen-bond acceptors (Lipinski definition) is 6. The number of likely N-dealkylation sites (tertiary alicyclic amines) is 1. The van der Waals surface area contributed by atoms with Crippen molar-refractivity contribution in [1.82, 2.24) is 15.2 Å². The number of aromatic nitrogens is 1. The monoisotopic (exact) mass is 453 g/mol. The Morgan fingerprint density at radius 1 is 1.18 bits per heavy atom. The van der Waals surface area contributed by atoms with E-state index in [1.807, 2.05) is 45.0 Å². The molecule has 2 aliphatic heterocycles. The standard InChI is InChI=1S/C24H27N3O6/c1-14-5-4-6-17(9-14)21-16(3)18(10-15(2)26-21)22(29)25-12-20(28)27-13-24(32-7-8-33-24)11-19(27)23(30)31/h4-6,9-10,19H,7-8,11-13H2,1-3H3,(H,25,29)(H,30,31)/t19-/m0/s1. The molecule has 2 fully saturated rings. The number of hydrogen-bond donors (Lipinski definition) is 2. The molecule has 4 rings (SSSR count). The number of aliphatic carboxylic acids is 1. The van der Waals surface area contributed by atoms with Gasteiger partial charge in [0.1, 0.15) is 6.04 Å². The quantitative estimate of drug-likeness (QED) is 0.709. The fourth-order valence-electron chi connectivity index (χ4n) is 4.43. The molecule has 9 heteroatoms. The Bertz CT molecular complexity index is 1110. The summed E-state index contributed by atoms with van der Waals surface area (Å²) >= 11 is 0. The Kier molecular flexibility index (Phi) is 6.18. The second-order valence-electron chi connectivity index (χ2n) is 8.52. The highest BCUT2D eigenvalue weighted by Gasteiger charge is 2.52. The van der Waals surface area contributed by atoms with Gasteiger partial charge in [0, 0.05) is 23.2 Å². The van der Waals surface area contributed by atoms with Gasteiger partial charge in [-0.15, -0.1) is 0 Å². The first kappa shape index (κ1) is 22.9. The van der Waals surface area contributed by atoms with Crippen LogP contribution in [0.25, 0.3) is 11.3 Å². The van der Waals surface area contributed by atoms with Gasteiger partial charge in [0.2, 0.25) is 5.91 Å². The number of aryl methyl sites for hydroxylation is 2. The van der Waals surface area contributed by atoms with Gasteiger partial charge in [-0.3, -0.25) is 14.6 Å². The van der Waals surface area contributed by atoms with Crippen LogP contribution in [0.1, 0.15) is 33.6 Å². The number of carboxylic acids is 1. The van der Waals surface area contributed by atoms with Gasteiger partial charge in [0.25, 0.3) is 5.91 Å². The van der Waals surface area contributed by atoms with Gasteiger partial charge < -0.3 is 24.8 Å². The molecule has 0 unspecified atom stereocenters. The number of nitrogens with zero attached hydrogens (tertiary/aromatic N) is 2. The second kappa shape index (κ2) is 8.92. The average molecular weight is 453 g/mol. The van der Waals surface area contributed by atoms with Gasteiger partial charge >= 0.3 is 5.97 Å². The van der Waals surface area contributed by atoms with Crippen LogP contribution in [0.4, 0.5) is 0 Å². The van der Waals surface area contributed by atoms with Crippen LogP contribution in [0.5, 0.6) is 0 Å². The molecule has 2 N–H and O–H groups in total. The van der Waals surface area contributed by atoms with E-state index in [0.717, 1.165) is 11.1 Å². The first-order chi connectivity index (χ1) is 15.7. The number of amides is 2. The molecule has 1 aromatic carbocycles. The van der Waals surface area contributed by atoms with Crippen molar-refractivity contribution in [2.45, 2.75) is 39.0 Å². The molecule has 2 aromatic rings. The molecule has 0 radical (unpaired) electrons. The van der Waals surface area contributed by atoms with Crippen LogP contribution in [0.2, 0.25) is 0 Å². The number of nitrogens with one attached hydrogen (secondary N) is 1. The number of pyridine rings is 1. The zero-order valence-electron chi connectivity index (χ0n) is 18.9. The van der Waals surface area contributed by atoms with E-state index in [1.165, 1.54) is 4.90 Å². The molecule has 1 spiro atoms. The van der Waals surface area contributed by atoms with Crippen LogP contribution in [0.15, 0.2) is 30.3 Å². The van der Waals surface area contributed by atoms with Gasteiger partial charge in [-0.05, 0) is 38.5 Å². The molecule has 9 nitrogen and oxygen atoms in total. The van der Waals surface area contributed by atoms with Crippen LogP contribution >= 0.6 is 0 Å². The van der Waals surface area contributed by atoms with Crippen LogP contribution in [0, 0.1) is 20.8 Å². The van der Waals surface area contributed by atoms with Crippen LogP contribution < -0.4 is 5.32 Å². The van der Waals surface area contributed by atoms with Crippen LogP contribution in [-0.4, -0.2) is 70.9 Å². The predicted molar refractivity (Wildman–Crippen MR) is 119 cm³/mol. The summed E-state index contributed by atoms with van der Waals surface area (Å²) in [5, 5.41) is 12.2. The molecule has 174 valence electrons. The molecule has 0 bridgehead atoms. The zero-order valence-corrected chi connectivity index (χ0v) is 18.9. The Morgan fingerprint density at radius 3 is 2.58 bits per heavy atom. The summed E-state index contributed by atoms with van der Waals surface area (Å²) in [5.74, 6) is -3.14. The lowest BCUT2D eigenvalue weighted by molar-refractivity contribution is -0.152. The van der Waals surface area contributed by atoms with E-state index < -0.39 is 29.6 Å². The van der Waals surface area contributed by atoms with E-state index in [9.17, 15) is 19.5 Å². The molecule has 33 heavy (non-hydrogen) atoms. The minimum Gasteiger partial charge on any atom is -0.480 e. The van der Waals surface area contributed by atoms with E-state index in [4.69, 9.17) is 9.47 Å². The third-order valence-electron chi connectivity index (χ3n) is 6.05. The van der Waals surface area contributed by atoms with E-state index in [1.54, 1.807) is 6.07 Å². The molecule has 0 saturated carbocycles. The van der Waals surface area contributed by atoms with Crippen LogP contribution in [0.3, 0.4) is 0 Å². The minimum atomic E-state index is -1.13. The SMILES string of the molecule is Cc1cccc(-c2nc(C)cc(C(=O)NCC(=O)N3CC4(C[C@H]3C(=O)O)OCCO4)c2C)c1. The number of benzene rings is 1. The van der Waals surface area contributed by atoms with Gasteiger partial charge in [-0.25, -0.2) is 4.79 Å². The van der Waals surface area contributed by atoms with Crippen molar-refractivity contribution in [1.29, 1.82) is 0 Å². The van der Waals surface area contributed by atoms with E-state index in [-0.39, 0.29) is 19.5 Å². The van der Waals surface area contributed by atoms with Crippen molar-refractivity contribution in [3.05, 3.63) is 52.7 Å². The molecular weight excluding hydrogens is 426 g/mol. The maximum atomic E-state index is 13.0. The van der Waals surface area contributed by atoms with Gasteiger partial charge in [-0.2, -0.15) is 0 Å². The van der Waals surface area contributed by atoms with Crippen molar-refractivity contribution in [2.24, 2.45) is 0 Å². The summed E-state index contributed by atoms with van der Waals surface area (Å²) in [5.41, 5.74) is 4.49. The lowest BCUT2D eigenvalue weighted by atomic mass is 9.99. The summed E-state index contributed by atoms with van der Waals surface area (Å²) in [4.78, 5) is 43.3. The fraction of sp³-hybridized carbons (Fsp3) is 0.417. The summed E-state index contributed by atoms with van der Waals surface area (Å²) in [6.07, 6.45) is 0.0600. The van der Waals surface area contributed by atoms with E-state index in [2.05, 4.69) is 10.3 Å². The van der Waals surface area contributed by atoms with Crippen molar-refractivity contribution in [3.63, 3.8) is 0 Å². The number of carbonyl (C=O) groups excluding carboxylic acids is 2. The average Bonchev–Trinajstić information content (AvgIpc) is 3.40. The van der Waals surface area contributed by atoms with Crippen molar-refractivity contribution in [3.8, 4) is 11.3 Å². The maximum Gasteiger partial charge on any atom is 0.326 e. The van der Waals surface area contributed by atoms with Crippen molar-refractivity contribution in [2.75, 3.05) is 26.3 Å². The van der Waals surface area contributed by atoms with E-state index in [0.29, 0.717) is 35.7 Å². The molecule has 2 aliphatic rings. The predicted octanol–water partition coefficient (Wildman–Crippen LogP) is 1.83. The first-order valence-electron chi connectivity index (χ1n) is 10.8. The lowest BCUT2D eigenvalue weighted by Crippen LogP contribution is -2.46. The molecule has 1 atom stereocenters. The van der Waals surface area contributed by atoms with Crippen molar-refractivity contribution < 1.29 is 29.0 Å². The maximum absolute atomic E-state index is 13.0. The second-order valence-corrected chi connectivity index (χ2v) is 8.52. The molecule has 3 heterocycles. The third-order valence-corrected chi connectivity index (χ3v) is 6.05. The number of carboxylic acid groups (broad SMARTS) is 1. The number of carbonyl (C=O) groups is 3. The first-order valence-corrected chi connectivity index (χ1v) is 10.8. The fourth-order valence-corrected chi connectivity index (χ4v) is 4.43. The van der Waals surface area contributed by atoms with Gasteiger partial charge in [0.05, 0.1) is 32.0 Å². The third kappa shape index (κ3) is 4.60. The molecule has 0 aliphatic carbocycles. The molecule has 2 saturated heterocycles. The Hall–Kier alpha value is -3.30. The molecular formula is C24H27N3O6. The molecule has 1 aromatic heterocycles. The summed E-state index contributed by atoms with van der Waals surface area (Å²) < 4.78 is 11.2. The summed E-state index contributed by atoms with van der Waals surface area (Å²) in [7, 11) is 0. The zero-order chi connectivity index (χ0) is 23.8. The smallest absolute Gasteiger partial charge is 0.326 e. The number of ether oxygens (including phenoxy) is 2. The highest BCUT2D eigenvalue weighted by Crippen LogP contribution is 2.34. The normalized spacial score (nSPS) is 19.1. The van der Waals surface area contributed by atoms with Gasteiger partial charge in [0.15, 0.2) is 5.79 Å². The summed E-state index contributed by atoms with van der Waals surface area (Å²) in [6.45, 7) is 6.01. The Balaban J connectivity index is 1.50. The highest BCUT2D eigenvalue weighted by atomic mass is 16.7.